The second-order valence-electron chi connectivity index (χ2n) is 9.53. The number of nitrogens with one attached hydrogen (secondary N) is 1. The van der Waals surface area contributed by atoms with E-state index in [2.05, 4.69) is 51.8 Å². The second kappa shape index (κ2) is 10.6. The largest absolute Gasteiger partial charge is 0.337 e. The van der Waals surface area contributed by atoms with Gasteiger partial charge in [0.2, 0.25) is 0 Å². The molecule has 6 aromatic rings. The fourth-order valence-electron chi connectivity index (χ4n) is 5.15. The maximum absolute atomic E-state index is 13.9. The maximum atomic E-state index is 13.9. The van der Waals surface area contributed by atoms with Gasteiger partial charge in [-0.25, -0.2) is 19.4 Å². The van der Waals surface area contributed by atoms with Crippen LogP contribution >= 0.6 is 0 Å². The number of imidazole rings is 1. The first-order valence-electron chi connectivity index (χ1n) is 13.3. The molecular weight excluding hydrogens is 504 g/mol. The van der Waals surface area contributed by atoms with Crippen molar-refractivity contribution in [2.45, 2.75) is 39.8 Å². The summed E-state index contributed by atoms with van der Waals surface area (Å²) in [6, 6.07) is 25.2. The summed E-state index contributed by atoms with van der Waals surface area (Å²) < 4.78 is 4.80. The van der Waals surface area contributed by atoms with Crippen molar-refractivity contribution in [1.82, 2.24) is 39.3 Å². The summed E-state index contributed by atoms with van der Waals surface area (Å²) in [4.78, 5) is 32.1. The molecule has 6 rings (SSSR count). The number of para-hydroxylation sites is 1. The van der Waals surface area contributed by atoms with Gasteiger partial charge in [0.15, 0.2) is 17.0 Å². The molecule has 3 heterocycles. The van der Waals surface area contributed by atoms with E-state index in [4.69, 9.17) is 4.98 Å². The number of benzene rings is 3. The van der Waals surface area contributed by atoms with Crippen molar-refractivity contribution in [2.75, 3.05) is 0 Å². The maximum Gasteiger partial charge on any atom is 0.337 e. The molecule has 200 valence electrons. The van der Waals surface area contributed by atoms with Gasteiger partial charge in [0.1, 0.15) is 5.82 Å². The van der Waals surface area contributed by atoms with Crippen LogP contribution in [-0.2, 0) is 19.5 Å². The van der Waals surface area contributed by atoms with Crippen molar-refractivity contribution in [1.29, 1.82) is 0 Å². The van der Waals surface area contributed by atoms with E-state index in [0.29, 0.717) is 42.2 Å². The number of H-pyrrole nitrogens is 1. The van der Waals surface area contributed by atoms with Gasteiger partial charge in [0, 0.05) is 25.1 Å². The normalized spacial score (nSPS) is 11.3. The minimum Gasteiger partial charge on any atom is -0.318 e. The molecule has 0 spiro atoms. The highest BCUT2D eigenvalue weighted by atomic mass is 16.2. The van der Waals surface area contributed by atoms with Gasteiger partial charge in [-0.3, -0.25) is 9.36 Å². The molecule has 0 fully saturated rings. The van der Waals surface area contributed by atoms with Gasteiger partial charge in [-0.2, -0.15) is 0 Å². The minimum absolute atomic E-state index is 0.364. The zero-order chi connectivity index (χ0) is 27.6. The van der Waals surface area contributed by atoms with Gasteiger partial charge < -0.3 is 4.57 Å². The molecule has 0 aliphatic rings. The monoisotopic (exact) mass is 532 g/mol. The van der Waals surface area contributed by atoms with E-state index in [1.807, 2.05) is 54.0 Å². The van der Waals surface area contributed by atoms with E-state index < -0.39 is 0 Å². The average molecular weight is 533 g/mol. The highest BCUT2D eigenvalue weighted by molar-refractivity contribution is 5.80. The van der Waals surface area contributed by atoms with Gasteiger partial charge in [-0.05, 0) is 52.6 Å². The van der Waals surface area contributed by atoms with E-state index in [1.165, 1.54) is 4.57 Å². The van der Waals surface area contributed by atoms with E-state index in [-0.39, 0.29) is 11.2 Å². The number of rotatable bonds is 8. The average Bonchev–Trinajstić information content (AvgIpc) is 3.64. The lowest BCUT2D eigenvalue weighted by molar-refractivity contribution is 0.683. The Balaban J connectivity index is 1.46. The first-order valence-corrected chi connectivity index (χ1v) is 13.3. The molecule has 0 aliphatic heterocycles. The van der Waals surface area contributed by atoms with Crippen molar-refractivity contribution < 1.29 is 0 Å². The Morgan fingerprint density at radius 3 is 2.23 bits per heavy atom. The number of fused-ring (bicyclic) bond motifs is 1. The Morgan fingerprint density at radius 2 is 1.55 bits per heavy atom. The van der Waals surface area contributed by atoms with Crippen LogP contribution in [0, 0.1) is 0 Å². The first-order chi connectivity index (χ1) is 19.6. The molecule has 0 aliphatic carbocycles. The molecule has 10 nitrogen and oxygen atoms in total. The van der Waals surface area contributed by atoms with Crippen LogP contribution in [0.2, 0.25) is 0 Å². The molecule has 0 radical (unpaired) electrons. The summed E-state index contributed by atoms with van der Waals surface area (Å²) in [7, 11) is 0. The van der Waals surface area contributed by atoms with Crippen LogP contribution in [0.15, 0.2) is 88.5 Å². The predicted octanol–water partition coefficient (Wildman–Crippen LogP) is 4.22. The Bertz CT molecular complexity index is 1900. The number of nitrogens with zero attached hydrogens (tertiary/aromatic N) is 7. The van der Waals surface area contributed by atoms with Crippen LogP contribution in [0.4, 0.5) is 0 Å². The quantitative estimate of drug-likeness (QED) is 0.314. The molecule has 0 atom stereocenters. The topological polar surface area (TPSA) is 116 Å². The lowest BCUT2D eigenvalue weighted by atomic mass is 9.98. The van der Waals surface area contributed by atoms with Gasteiger partial charge >= 0.3 is 5.69 Å². The molecule has 0 saturated carbocycles. The third-order valence-corrected chi connectivity index (χ3v) is 7.05. The van der Waals surface area contributed by atoms with Gasteiger partial charge in [-0.15, -0.1) is 5.10 Å². The smallest absolute Gasteiger partial charge is 0.318 e. The number of tetrazole rings is 1. The standard InChI is InChI=1S/C30H28N8O2/c1-3-10-25-31-28-26(29(39)38(30(40)36(28)4-2)22-11-6-5-7-12-22)37(25)19-20-15-17-21(18-16-20)23-13-8-9-14-24(23)27-32-34-35-33-27/h5-9,11-18H,3-4,10,19H2,1-2H3,(H,32,33,34,35). The van der Waals surface area contributed by atoms with Crippen molar-refractivity contribution in [3.05, 3.63) is 111 Å². The lowest BCUT2D eigenvalue weighted by Crippen LogP contribution is -2.39. The number of aromatic amines is 1. The SMILES string of the molecule is CCCc1nc2c(c(=O)n(-c3ccccc3)c(=O)n2CC)n1Cc1ccc(-c2ccccc2-c2nnn[nH]2)cc1. The summed E-state index contributed by atoms with van der Waals surface area (Å²) >= 11 is 0. The van der Waals surface area contributed by atoms with Crippen molar-refractivity contribution >= 4 is 11.2 Å². The van der Waals surface area contributed by atoms with Crippen LogP contribution < -0.4 is 11.2 Å². The molecule has 40 heavy (non-hydrogen) atoms. The number of hydrogen-bond donors (Lipinski definition) is 1. The summed E-state index contributed by atoms with van der Waals surface area (Å²) in [5, 5.41) is 14.3. The summed E-state index contributed by atoms with van der Waals surface area (Å²) in [6.45, 7) is 4.82. The van der Waals surface area contributed by atoms with Crippen molar-refractivity contribution in [3.8, 4) is 28.2 Å². The number of hydrogen-bond acceptors (Lipinski definition) is 6. The first kappa shape index (κ1) is 25.2. The highest BCUT2D eigenvalue weighted by Gasteiger charge is 2.22. The molecule has 0 bridgehead atoms. The molecule has 0 amide bonds. The summed E-state index contributed by atoms with van der Waals surface area (Å²) in [6.07, 6.45) is 1.55. The van der Waals surface area contributed by atoms with Crippen LogP contribution in [0.3, 0.4) is 0 Å². The van der Waals surface area contributed by atoms with E-state index in [1.54, 1.807) is 16.7 Å². The van der Waals surface area contributed by atoms with E-state index >= 15 is 0 Å². The lowest BCUT2D eigenvalue weighted by Gasteiger charge is -2.13. The van der Waals surface area contributed by atoms with Gasteiger partial charge in [0.25, 0.3) is 5.56 Å². The summed E-state index contributed by atoms with van der Waals surface area (Å²) in [5.41, 5.74) is 4.60. The molecule has 0 unspecified atom stereocenters. The Morgan fingerprint density at radius 1 is 0.825 bits per heavy atom. The van der Waals surface area contributed by atoms with E-state index in [0.717, 1.165) is 34.5 Å². The predicted molar refractivity (Wildman–Crippen MR) is 153 cm³/mol. The molecule has 0 saturated heterocycles. The van der Waals surface area contributed by atoms with Crippen LogP contribution in [0.5, 0.6) is 0 Å². The Hall–Kier alpha value is -5.12. The zero-order valence-electron chi connectivity index (χ0n) is 22.3. The third kappa shape index (κ3) is 4.33. The number of aryl methyl sites for hydroxylation is 2. The van der Waals surface area contributed by atoms with Crippen LogP contribution in [0.25, 0.3) is 39.4 Å². The number of aromatic nitrogens is 8. The minimum atomic E-state index is -0.385. The molecule has 1 N–H and O–H groups in total. The van der Waals surface area contributed by atoms with Gasteiger partial charge in [0.05, 0.1) is 5.69 Å². The fourth-order valence-corrected chi connectivity index (χ4v) is 5.15. The van der Waals surface area contributed by atoms with Crippen LogP contribution in [-0.4, -0.2) is 39.3 Å². The fraction of sp³-hybridized carbons (Fsp3) is 0.200. The molecular formula is C30H28N8O2. The van der Waals surface area contributed by atoms with Crippen molar-refractivity contribution in [2.24, 2.45) is 0 Å². The second-order valence-corrected chi connectivity index (χ2v) is 9.53. The highest BCUT2D eigenvalue weighted by Crippen LogP contribution is 2.30. The zero-order valence-corrected chi connectivity index (χ0v) is 22.3. The molecule has 3 aromatic heterocycles. The molecule has 10 heteroatoms. The van der Waals surface area contributed by atoms with E-state index in [9.17, 15) is 9.59 Å². The van der Waals surface area contributed by atoms with Crippen molar-refractivity contribution in [3.63, 3.8) is 0 Å². The third-order valence-electron chi connectivity index (χ3n) is 7.05. The van der Waals surface area contributed by atoms with Gasteiger partial charge in [-0.1, -0.05) is 73.7 Å². The summed E-state index contributed by atoms with van der Waals surface area (Å²) in [5.74, 6) is 1.39. The molecule has 3 aromatic carbocycles. The Kier molecular flexibility index (Phi) is 6.65. The Labute approximate surface area is 229 Å². The van der Waals surface area contributed by atoms with Crippen LogP contribution in [0.1, 0.15) is 31.7 Å².